The number of benzene rings is 2. The van der Waals surface area contributed by atoms with Gasteiger partial charge in [0, 0.05) is 36.5 Å². The maximum absolute atomic E-state index is 13.1. The monoisotopic (exact) mass is 578 g/mol. The molecule has 2 bridgehead atoms. The molecule has 1 saturated carbocycles. The van der Waals surface area contributed by atoms with Crippen molar-refractivity contribution in [3.8, 4) is 11.5 Å². The van der Waals surface area contributed by atoms with E-state index in [1.54, 1.807) is 7.11 Å². The van der Waals surface area contributed by atoms with Crippen LogP contribution in [0.1, 0.15) is 66.2 Å². The van der Waals surface area contributed by atoms with Gasteiger partial charge in [0.15, 0.2) is 17.6 Å². The average Bonchev–Trinajstić information content (AvgIpc) is 3.63. The molecule has 3 aliphatic heterocycles. The predicted molar refractivity (Wildman–Crippen MR) is 155 cm³/mol. The van der Waals surface area contributed by atoms with E-state index in [0.29, 0.717) is 6.26 Å². The summed E-state index contributed by atoms with van der Waals surface area (Å²) in [5.74, 6) is 2.52. The third kappa shape index (κ3) is 3.58. The Kier molecular flexibility index (Phi) is 5.55. The molecule has 1 spiro atoms. The Balaban J connectivity index is 0.000000475. The van der Waals surface area contributed by atoms with Crippen LogP contribution in [0.5, 0.6) is 11.5 Å². The van der Waals surface area contributed by atoms with Crippen LogP contribution in [0, 0.1) is 5.92 Å². The van der Waals surface area contributed by atoms with Crippen molar-refractivity contribution in [1.29, 1.82) is 0 Å². The molecule has 2 fully saturated rings. The zero-order chi connectivity index (χ0) is 28.3. The molecule has 4 atom stereocenters. The summed E-state index contributed by atoms with van der Waals surface area (Å²) in [6, 6.07) is 11.3. The zero-order valence-electron chi connectivity index (χ0n) is 23.7. The molecule has 3 aliphatic carbocycles. The van der Waals surface area contributed by atoms with Crippen molar-refractivity contribution in [2.75, 3.05) is 26.5 Å². The minimum Gasteiger partial charge on any atom is -0.493 e. The smallest absolute Gasteiger partial charge is 0.261 e. The molecule has 0 amide bonds. The number of para-hydroxylation sites is 1. The van der Waals surface area contributed by atoms with Crippen molar-refractivity contribution in [3.05, 3.63) is 58.3 Å². The first kappa shape index (κ1) is 26.1. The first-order chi connectivity index (χ1) is 19.6. The van der Waals surface area contributed by atoms with E-state index in [1.807, 2.05) is 0 Å². The number of methoxy groups -OCH3 is 1. The molecule has 3 aromatic rings. The van der Waals surface area contributed by atoms with Gasteiger partial charge in [0.05, 0.1) is 35.6 Å². The number of hydrogen-bond donors (Lipinski definition) is 2. The maximum Gasteiger partial charge on any atom is 0.261 e. The van der Waals surface area contributed by atoms with E-state index in [9.17, 15) is 13.5 Å². The van der Waals surface area contributed by atoms with Crippen LogP contribution in [-0.2, 0) is 41.3 Å². The number of aromatic nitrogens is 1. The average molecular weight is 579 g/mol. The SMILES string of the molecule is COc1ccc2c3c1O[C@H]1c4c(c5cccc6c5n4CCCC6)C[C@@]4(O)[C@@H](C2)N(CC2CC2)CC[C@]314.CS(=O)(=O)O. The molecule has 41 heavy (non-hydrogen) atoms. The standard InChI is InChI=1S/C31H34N2O3.CH4O3S/c1-35-23-11-10-20-15-24-31(34)16-22-21-7-4-6-19-5-2-3-13-33(26(19)21)27(22)29-30(31,25(20)28(23)36-29)12-14-32(24)17-18-8-9-18;1-5(2,3)4/h4,6-7,10-11,18,24,29,34H,2-3,5,8-9,12-17H2,1H3;1H3,(H,2,3,4)/t24-,29+,30+,31-;/m1./s1. The molecule has 8 nitrogen and oxygen atoms in total. The summed E-state index contributed by atoms with van der Waals surface area (Å²) < 4.78 is 41.4. The summed E-state index contributed by atoms with van der Waals surface area (Å²) in [7, 11) is -1.92. The topological polar surface area (TPSA) is 101 Å². The molecule has 0 radical (unpaired) electrons. The normalized spacial score (nSPS) is 30.9. The number of ether oxygens (including phenoxy) is 2. The van der Waals surface area contributed by atoms with Gasteiger partial charge in [-0.1, -0.05) is 24.3 Å². The Morgan fingerprint density at radius 3 is 2.68 bits per heavy atom. The van der Waals surface area contributed by atoms with Gasteiger partial charge in [0.1, 0.15) is 0 Å². The molecule has 6 aliphatic rings. The summed E-state index contributed by atoms with van der Waals surface area (Å²) in [6.45, 7) is 3.21. The van der Waals surface area contributed by atoms with Gasteiger partial charge in [-0.25, -0.2) is 0 Å². The first-order valence-electron chi connectivity index (χ1n) is 15.0. The third-order valence-electron chi connectivity index (χ3n) is 10.8. The highest BCUT2D eigenvalue weighted by Crippen LogP contribution is 2.69. The van der Waals surface area contributed by atoms with Crippen molar-refractivity contribution >= 4 is 21.0 Å². The highest BCUT2D eigenvalue weighted by molar-refractivity contribution is 7.85. The number of hydrogen-bond acceptors (Lipinski definition) is 6. The molecule has 1 saturated heterocycles. The Morgan fingerprint density at radius 1 is 1.12 bits per heavy atom. The molecule has 4 heterocycles. The fourth-order valence-electron chi connectivity index (χ4n) is 9.15. The van der Waals surface area contributed by atoms with Crippen molar-refractivity contribution < 1.29 is 27.6 Å². The summed E-state index contributed by atoms with van der Waals surface area (Å²) in [6.07, 6.45) is 9.35. The van der Waals surface area contributed by atoms with E-state index in [0.717, 1.165) is 62.7 Å². The van der Waals surface area contributed by atoms with Crippen LogP contribution in [0.4, 0.5) is 0 Å². The van der Waals surface area contributed by atoms with Crippen molar-refractivity contribution in [2.45, 2.75) is 81.1 Å². The summed E-state index contributed by atoms with van der Waals surface area (Å²) in [5, 5.41) is 14.5. The van der Waals surface area contributed by atoms with Crippen LogP contribution >= 0.6 is 0 Å². The molecular weight excluding hydrogens is 540 g/mol. The molecule has 2 aromatic carbocycles. The number of likely N-dealkylation sites (tertiary alicyclic amines) is 1. The lowest BCUT2D eigenvalue weighted by molar-refractivity contribution is -0.173. The molecule has 0 unspecified atom stereocenters. The van der Waals surface area contributed by atoms with Crippen molar-refractivity contribution in [3.63, 3.8) is 0 Å². The van der Waals surface area contributed by atoms with Crippen molar-refractivity contribution in [2.24, 2.45) is 5.92 Å². The number of aryl methyl sites for hydroxylation is 2. The minimum atomic E-state index is -3.67. The fourth-order valence-corrected chi connectivity index (χ4v) is 9.15. The van der Waals surface area contributed by atoms with Crippen LogP contribution in [-0.4, -0.2) is 65.6 Å². The van der Waals surface area contributed by atoms with Gasteiger partial charge < -0.3 is 19.1 Å². The van der Waals surface area contributed by atoms with E-state index in [4.69, 9.17) is 14.0 Å². The molecule has 9 rings (SSSR count). The third-order valence-corrected chi connectivity index (χ3v) is 10.8. The number of nitrogens with zero attached hydrogens (tertiary/aromatic N) is 2. The molecular formula is C32H38N2O6S. The van der Waals surface area contributed by atoms with Crippen LogP contribution in [0.2, 0.25) is 0 Å². The Bertz CT molecular complexity index is 1690. The second-order valence-electron chi connectivity index (χ2n) is 13.1. The first-order valence-corrected chi connectivity index (χ1v) is 16.9. The van der Waals surface area contributed by atoms with Crippen molar-refractivity contribution in [1.82, 2.24) is 9.47 Å². The summed E-state index contributed by atoms with van der Waals surface area (Å²) in [5.41, 5.74) is 6.89. The Hall–Kier alpha value is -2.59. The van der Waals surface area contributed by atoms with Gasteiger partial charge >= 0.3 is 0 Å². The predicted octanol–water partition coefficient (Wildman–Crippen LogP) is 4.19. The molecule has 9 heteroatoms. The Morgan fingerprint density at radius 2 is 1.93 bits per heavy atom. The number of aliphatic hydroxyl groups is 1. The number of piperidine rings is 1. The zero-order valence-corrected chi connectivity index (χ0v) is 24.5. The largest absolute Gasteiger partial charge is 0.493 e. The van der Waals surface area contributed by atoms with Gasteiger partial charge in [-0.2, -0.15) is 8.42 Å². The van der Waals surface area contributed by atoms with E-state index < -0.39 is 21.1 Å². The summed E-state index contributed by atoms with van der Waals surface area (Å²) in [4.78, 5) is 2.66. The highest BCUT2D eigenvalue weighted by Gasteiger charge is 2.73. The molecule has 2 N–H and O–H groups in total. The molecule has 1 aromatic heterocycles. The molecule has 218 valence electrons. The second kappa shape index (κ2) is 8.72. The maximum atomic E-state index is 13.1. The van der Waals surface area contributed by atoms with E-state index in [2.05, 4.69) is 39.8 Å². The minimum absolute atomic E-state index is 0.132. The van der Waals surface area contributed by atoms with Gasteiger partial charge in [-0.15, -0.1) is 0 Å². The van der Waals surface area contributed by atoms with E-state index in [1.165, 1.54) is 64.5 Å². The van der Waals surface area contributed by atoms with Gasteiger partial charge in [-0.05, 0) is 80.2 Å². The van der Waals surface area contributed by atoms with E-state index >= 15 is 0 Å². The summed E-state index contributed by atoms with van der Waals surface area (Å²) >= 11 is 0. The lowest BCUT2D eigenvalue weighted by Crippen LogP contribution is -2.74. The Labute approximate surface area is 241 Å². The van der Waals surface area contributed by atoms with Gasteiger partial charge in [0.25, 0.3) is 10.1 Å². The quantitative estimate of drug-likeness (QED) is 0.450. The van der Waals surface area contributed by atoms with Gasteiger partial charge in [-0.3, -0.25) is 9.45 Å². The highest BCUT2D eigenvalue weighted by atomic mass is 32.2. The van der Waals surface area contributed by atoms with Gasteiger partial charge in [0.2, 0.25) is 0 Å². The van der Waals surface area contributed by atoms with Crippen LogP contribution in [0.3, 0.4) is 0 Å². The fraction of sp³-hybridized carbons (Fsp3) is 0.562. The lowest BCUT2D eigenvalue weighted by Gasteiger charge is -2.63. The second-order valence-corrected chi connectivity index (χ2v) is 14.6. The van der Waals surface area contributed by atoms with Crippen LogP contribution in [0.25, 0.3) is 10.9 Å². The number of rotatable bonds is 3. The van der Waals surface area contributed by atoms with E-state index in [-0.39, 0.29) is 12.1 Å². The number of fused-ring (bicyclic) bond motifs is 4. The lowest BCUT2D eigenvalue weighted by atomic mass is 9.49. The van der Waals surface area contributed by atoms with Crippen LogP contribution in [0.15, 0.2) is 30.3 Å². The van der Waals surface area contributed by atoms with Crippen LogP contribution < -0.4 is 9.47 Å².